The molecule has 0 amide bonds. The third-order valence-corrected chi connectivity index (χ3v) is 3.71. The minimum absolute atomic E-state index is 0.0248. The van der Waals surface area contributed by atoms with Crippen molar-refractivity contribution in [2.45, 2.75) is 51.9 Å². The van der Waals surface area contributed by atoms with Crippen LogP contribution in [0.3, 0.4) is 0 Å². The molecular formula is C13H20N2O3. The number of hydrogen-bond donors (Lipinski definition) is 1. The van der Waals surface area contributed by atoms with Gasteiger partial charge in [-0.1, -0.05) is 20.3 Å². The quantitative estimate of drug-likeness (QED) is 0.871. The predicted molar refractivity (Wildman–Crippen MR) is 65.2 cm³/mol. The van der Waals surface area contributed by atoms with Gasteiger partial charge in [0, 0.05) is 18.8 Å². The van der Waals surface area contributed by atoms with E-state index in [1.807, 2.05) is 6.92 Å². The Morgan fingerprint density at radius 2 is 2.28 bits per heavy atom. The van der Waals surface area contributed by atoms with Crippen LogP contribution in [0.4, 0.5) is 0 Å². The summed E-state index contributed by atoms with van der Waals surface area (Å²) in [7, 11) is 0. The van der Waals surface area contributed by atoms with E-state index in [2.05, 4.69) is 17.1 Å². The van der Waals surface area contributed by atoms with E-state index < -0.39 is 5.97 Å². The van der Waals surface area contributed by atoms with Crippen molar-refractivity contribution in [3.8, 4) is 0 Å². The van der Waals surface area contributed by atoms with Crippen molar-refractivity contribution >= 4 is 5.97 Å². The summed E-state index contributed by atoms with van der Waals surface area (Å²) in [4.78, 5) is 10.6. The van der Waals surface area contributed by atoms with Crippen LogP contribution in [0.15, 0.2) is 4.42 Å². The molecule has 5 heteroatoms. The van der Waals surface area contributed by atoms with Crippen molar-refractivity contribution in [2.24, 2.45) is 11.8 Å². The largest absolute Gasteiger partial charge is 0.481 e. The van der Waals surface area contributed by atoms with E-state index >= 15 is 0 Å². The van der Waals surface area contributed by atoms with Crippen LogP contribution in [0.1, 0.15) is 57.2 Å². The van der Waals surface area contributed by atoms with Gasteiger partial charge in [0.25, 0.3) is 0 Å². The standard InChI is InChI=1S/C13H20N2O3/c1-8(7-12(16)17)6-11-14-15-13(18-11)10-5-3-4-9(10)2/h8-10H,3-7H2,1-2H3,(H,16,17). The van der Waals surface area contributed by atoms with Gasteiger partial charge in [-0.3, -0.25) is 4.79 Å². The molecule has 1 aromatic heterocycles. The molecule has 0 spiro atoms. The maximum absolute atomic E-state index is 10.6. The fourth-order valence-corrected chi connectivity index (χ4v) is 2.68. The molecule has 1 saturated carbocycles. The minimum Gasteiger partial charge on any atom is -0.481 e. The van der Waals surface area contributed by atoms with E-state index in [9.17, 15) is 4.79 Å². The molecule has 3 unspecified atom stereocenters. The number of nitrogens with zero attached hydrogens (tertiary/aromatic N) is 2. The van der Waals surface area contributed by atoms with Crippen molar-refractivity contribution in [2.75, 3.05) is 0 Å². The summed E-state index contributed by atoms with van der Waals surface area (Å²) in [5.74, 6) is 1.54. The smallest absolute Gasteiger partial charge is 0.303 e. The van der Waals surface area contributed by atoms with Crippen LogP contribution >= 0.6 is 0 Å². The van der Waals surface area contributed by atoms with Crippen LogP contribution in [0.5, 0.6) is 0 Å². The SMILES string of the molecule is CC(CC(=O)O)Cc1nnc(C2CCCC2C)o1. The summed E-state index contributed by atoms with van der Waals surface area (Å²) in [6.07, 6.45) is 4.24. The second-order valence-corrected chi connectivity index (χ2v) is 5.46. The molecule has 100 valence electrons. The topological polar surface area (TPSA) is 76.2 Å². The van der Waals surface area contributed by atoms with E-state index in [-0.39, 0.29) is 12.3 Å². The van der Waals surface area contributed by atoms with Gasteiger partial charge in [-0.05, 0) is 24.7 Å². The maximum Gasteiger partial charge on any atom is 0.303 e. The van der Waals surface area contributed by atoms with Crippen LogP contribution in [-0.2, 0) is 11.2 Å². The van der Waals surface area contributed by atoms with Crippen LogP contribution in [0, 0.1) is 11.8 Å². The van der Waals surface area contributed by atoms with Crippen LogP contribution in [-0.4, -0.2) is 21.3 Å². The Morgan fingerprint density at radius 3 is 2.89 bits per heavy atom. The van der Waals surface area contributed by atoms with Crippen molar-refractivity contribution in [3.63, 3.8) is 0 Å². The van der Waals surface area contributed by atoms with Crippen LogP contribution < -0.4 is 0 Å². The number of hydrogen-bond acceptors (Lipinski definition) is 4. The average Bonchev–Trinajstić information content (AvgIpc) is 2.85. The summed E-state index contributed by atoms with van der Waals surface area (Å²) in [5.41, 5.74) is 0. The first kappa shape index (κ1) is 13.1. The first-order valence-electron chi connectivity index (χ1n) is 6.60. The zero-order valence-electron chi connectivity index (χ0n) is 10.9. The summed E-state index contributed by atoms with van der Waals surface area (Å²) in [6, 6.07) is 0. The van der Waals surface area contributed by atoms with Gasteiger partial charge < -0.3 is 9.52 Å². The summed E-state index contributed by atoms with van der Waals surface area (Å²) >= 11 is 0. The summed E-state index contributed by atoms with van der Waals surface area (Å²) < 4.78 is 5.68. The lowest BCUT2D eigenvalue weighted by Crippen LogP contribution is -2.07. The third-order valence-electron chi connectivity index (χ3n) is 3.71. The Labute approximate surface area is 107 Å². The molecule has 1 aliphatic rings. The number of aromatic nitrogens is 2. The molecule has 18 heavy (non-hydrogen) atoms. The monoisotopic (exact) mass is 252 g/mol. The van der Waals surface area contributed by atoms with Crippen molar-refractivity contribution in [1.29, 1.82) is 0 Å². The lowest BCUT2D eigenvalue weighted by molar-refractivity contribution is -0.137. The fraction of sp³-hybridized carbons (Fsp3) is 0.769. The molecule has 1 N–H and O–H groups in total. The molecule has 5 nitrogen and oxygen atoms in total. The van der Waals surface area contributed by atoms with Gasteiger partial charge in [0.2, 0.25) is 11.8 Å². The number of carboxylic acid groups (broad SMARTS) is 1. The van der Waals surface area contributed by atoms with Crippen LogP contribution in [0.25, 0.3) is 0 Å². The molecule has 0 aliphatic heterocycles. The van der Waals surface area contributed by atoms with Gasteiger partial charge in [-0.15, -0.1) is 10.2 Å². The highest BCUT2D eigenvalue weighted by Gasteiger charge is 2.29. The normalized spacial score (nSPS) is 25.2. The summed E-state index contributed by atoms with van der Waals surface area (Å²) in [5, 5.41) is 16.9. The Balaban J connectivity index is 1.95. The first-order valence-corrected chi connectivity index (χ1v) is 6.60. The van der Waals surface area contributed by atoms with Gasteiger partial charge in [0.05, 0.1) is 0 Å². The molecule has 0 aromatic carbocycles. The van der Waals surface area contributed by atoms with Gasteiger partial charge in [0.15, 0.2) is 0 Å². The van der Waals surface area contributed by atoms with E-state index in [0.29, 0.717) is 24.1 Å². The van der Waals surface area contributed by atoms with E-state index in [0.717, 1.165) is 12.3 Å². The molecule has 0 bridgehead atoms. The lowest BCUT2D eigenvalue weighted by atomic mass is 9.98. The highest BCUT2D eigenvalue weighted by atomic mass is 16.4. The molecule has 0 saturated heterocycles. The summed E-state index contributed by atoms with van der Waals surface area (Å²) in [6.45, 7) is 4.10. The zero-order chi connectivity index (χ0) is 13.1. The molecule has 0 radical (unpaired) electrons. The average molecular weight is 252 g/mol. The van der Waals surface area contributed by atoms with Gasteiger partial charge in [-0.25, -0.2) is 0 Å². The van der Waals surface area contributed by atoms with Gasteiger partial charge in [0.1, 0.15) is 0 Å². The molecule has 1 aromatic rings. The molecule has 1 heterocycles. The Kier molecular flexibility index (Phi) is 3.99. The van der Waals surface area contributed by atoms with E-state index in [4.69, 9.17) is 9.52 Å². The minimum atomic E-state index is -0.786. The van der Waals surface area contributed by atoms with Crippen molar-refractivity contribution in [3.05, 3.63) is 11.8 Å². The Morgan fingerprint density at radius 1 is 1.50 bits per heavy atom. The van der Waals surface area contributed by atoms with E-state index in [1.165, 1.54) is 12.8 Å². The molecule has 1 aliphatic carbocycles. The lowest BCUT2D eigenvalue weighted by Gasteiger charge is -2.09. The number of aliphatic carboxylic acids is 1. The first-order chi connectivity index (χ1) is 8.56. The highest BCUT2D eigenvalue weighted by Crippen LogP contribution is 2.38. The number of carboxylic acids is 1. The fourth-order valence-electron chi connectivity index (χ4n) is 2.68. The molecule has 1 fully saturated rings. The second-order valence-electron chi connectivity index (χ2n) is 5.46. The van der Waals surface area contributed by atoms with Crippen molar-refractivity contribution in [1.82, 2.24) is 10.2 Å². The molecule has 2 rings (SSSR count). The molecular weight excluding hydrogens is 232 g/mol. The second kappa shape index (κ2) is 5.50. The van der Waals surface area contributed by atoms with Gasteiger partial charge >= 0.3 is 5.97 Å². The van der Waals surface area contributed by atoms with Crippen LogP contribution in [0.2, 0.25) is 0 Å². The van der Waals surface area contributed by atoms with Crippen molar-refractivity contribution < 1.29 is 14.3 Å². The number of carbonyl (C=O) groups is 1. The maximum atomic E-state index is 10.6. The molecule has 3 atom stereocenters. The van der Waals surface area contributed by atoms with Gasteiger partial charge in [-0.2, -0.15) is 0 Å². The Bertz CT molecular complexity index is 416. The number of rotatable bonds is 5. The van der Waals surface area contributed by atoms with E-state index in [1.54, 1.807) is 0 Å². The third kappa shape index (κ3) is 3.09. The zero-order valence-corrected chi connectivity index (χ0v) is 10.9. The predicted octanol–water partition coefficient (Wildman–Crippen LogP) is 2.63. The highest BCUT2D eigenvalue weighted by molar-refractivity contribution is 5.66. The Hall–Kier alpha value is -1.39.